The summed E-state index contributed by atoms with van der Waals surface area (Å²) >= 11 is 0. The van der Waals surface area contributed by atoms with Crippen LogP contribution in [0.1, 0.15) is 41.3 Å². The van der Waals surface area contributed by atoms with Gasteiger partial charge in [0.15, 0.2) is 0 Å². The summed E-state index contributed by atoms with van der Waals surface area (Å²) in [6.07, 6.45) is 2.55. The first-order chi connectivity index (χ1) is 10.6. The minimum atomic E-state index is -0.179. The van der Waals surface area contributed by atoms with E-state index in [1.165, 1.54) is 0 Å². The van der Waals surface area contributed by atoms with Crippen LogP contribution in [0.4, 0.5) is 0 Å². The van der Waals surface area contributed by atoms with Gasteiger partial charge in [-0.3, -0.25) is 4.79 Å². The van der Waals surface area contributed by atoms with Crippen LogP contribution in [0, 0.1) is 6.92 Å². The van der Waals surface area contributed by atoms with Gasteiger partial charge in [-0.15, -0.1) is 0 Å². The first-order valence-electron chi connectivity index (χ1n) is 7.35. The molecule has 0 radical (unpaired) electrons. The van der Waals surface area contributed by atoms with Gasteiger partial charge >= 0.3 is 0 Å². The smallest absolute Gasteiger partial charge is 0.251 e. The van der Waals surface area contributed by atoms with Crippen molar-refractivity contribution in [2.45, 2.75) is 26.3 Å². The number of nitrogens with zero attached hydrogens (tertiary/aromatic N) is 1. The summed E-state index contributed by atoms with van der Waals surface area (Å²) in [4.78, 5) is 19.5. The Hall–Kier alpha value is -2.34. The van der Waals surface area contributed by atoms with Crippen LogP contribution in [0.3, 0.4) is 0 Å². The van der Waals surface area contributed by atoms with Crippen molar-refractivity contribution in [2.75, 3.05) is 13.2 Å². The minimum absolute atomic E-state index is 0.143. The number of rotatable bonds is 7. The number of imidazole rings is 1. The van der Waals surface area contributed by atoms with Gasteiger partial charge in [0.1, 0.15) is 11.6 Å². The number of aromatic amines is 1. The third kappa shape index (κ3) is 4.33. The molecule has 2 rings (SSSR count). The fraction of sp³-hybridized carbons (Fsp3) is 0.375. The van der Waals surface area contributed by atoms with Crippen LogP contribution >= 0.6 is 0 Å². The van der Waals surface area contributed by atoms with Crippen LogP contribution in [0.25, 0.3) is 0 Å². The van der Waals surface area contributed by atoms with Crippen LogP contribution in [-0.4, -0.2) is 29.0 Å². The summed E-state index contributed by atoms with van der Waals surface area (Å²) < 4.78 is 5.51. The molecule has 0 aliphatic carbocycles. The average molecular weight is 302 g/mol. The maximum Gasteiger partial charge on any atom is 0.251 e. The Balaban J connectivity index is 1.92. The van der Waals surface area contributed by atoms with Crippen molar-refractivity contribution in [3.8, 4) is 5.75 Å². The van der Waals surface area contributed by atoms with E-state index in [-0.39, 0.29) is 11.9 Å². The molecular weight excluding hydrogens is 280 g/mol. The van der Waals surface area contributed by atoms with Crippen molar-refractivity contribution in [2.24, 2.45) is 5.73 Å². The zero-order chi connectivity index (χ0) is 15.9. The first-order valence-corrected chi connectivity index (χ1v) is 7.35. The van der Waals surface area contributed by atoms with Crippen LogP contribution in [-0.2, 0) is 0 Å². The van der Waals surface area contributed by atoms with Gasteiger partial charge in [0.2, 0.25) is 0 Å². The van der Waals surface area contributed by atoms with E-state index in [1.54, 1.807) is 30.5 Å². The fourth-order valence-electron chi connectivity index (χ4n) is 1.98. The Kier molecular flexibility index (Phi) is 5.55. The van der Waals surface area contributed by atoms with Gasteiger partial charge in [0.05, 0.1) is 12.6 Å². The van der Waals surface area contributed by atoms with Crippen molar-refractivity contribution >= 4 is 5.91 Å². The van der Waals surface area contributed by atoms with E-state index in [0.717, 1.165) is 23.7 Å². The Morgan fingerprint density at radius 3 is 2.73 bits per heavy atom. The van der Waals surface area contributed by atoms with Crippen LogP contribution in [0.5, 0.6) is 5.75 Å². The number of benzene rings is 1. The molecule has 2 aromatic rings. The van der Waals surface area contributed by atoms with E-state index in [1.807, 2.05) is 13.8 Å². The third-order valence-corrected chi connectivity index (χ3v) is 3.21. The summed E-state index contributed by atoms with van der Waals surface area (Å²) in [7, 11) is 0. The van der Waals surface area contributed by atoms with E-state index >= 15 is 0 Å². The molecule has 1 amide bonds. The zero-order valence-electron chi connectivity index (χ0n) is 12.9. The summed E-state index contributed by atoms with van der Waals surface area (Å²) in [5.74, 6) is 1.34. The summed E-state index contributed by atoms with van der Waals surface area (Å²) in [6.45, 7) is 5.00. The molecule has 0 bridgehead atoms. The van der Waals surface area contributed by atoms with Crippen molar-refractivity contribution in [1.82, 2.24) is 15.3 Å². The number of nitrogens with two attached hydrogens (primary N) is 1. The number of aryl methyl sites for hydroxylation is 1. The monoisotopic (exact) mass is 302 g/mol. The molecule has 1 unspecified atom stereocenters. The van der Waals surface area contributed by atoms with E-state index in [9.17, 15) is 4.79 Å². The maximum absolute atomic E-state index is 12.2. The van der Waals surface area contributed by atoms with Gasteiger partial charge in [-0.2, -0.15) is 0 Å². The molecule has 0 fully saturated rings. The first kappa shape index (κ1) is 16.0. The number of carbonyl (C=O) groups is 1. The second kappa shape index (κ2) is 7.61. The molecule has 0 spiro atoms. The molecule has 22 heavy (non-hydrogen) atoms. The van der Waals surface area contributed by atoms with Crippen LogP contribution in [0.2, 0.25) is 0 Å². The molecule has 1 aromatic carbocycles. The highest BCUT2D eigenvalue weighted by Crippen LogP contribution is 2.14. The van der Waals surface area contributed by atoms with E-state index in [0.29, 0.717) is 18.7 Å². The number of nitrogens with one attached hydrogen (secondary N) is 2. The average Bonchev–Trinajstić information content (AvgIpc) is 2.95. The lowest BCUT2D eigenvalue weighted by molar-refractivity contribution is 0.0938. The van der Waals surface area contributed by atoms with Gasteiger partial charge in [0.25, 0.3) is 5.91 Å². The van der Waals surface area contributed by atoms with E-state index in [4.69, 9.17) is 10.5 Å². The van der Waals surface area contributed by atoms with Crippen molar-refractivity contribution in [3.05, 3.63) is 47.5 Å². The molecule has 1 heterocycles. The van der Waals surface area contributed by atoms with Crippen LogP contribution < -0.4 is 15.8 Å². The Morgan fingerprint density at radius 1 is 1.41 bits per heavy atom. The largest absolute Gasteiger partial charge is 0.494 e. The summed E-state index contributed by atoms with van der Waals surface area (Å²) in [5.41, 5.74) is 6.96. The van der Waals surface area contributed by atoms with Crippen molar-refractivity contribution < 1.29 is 9.53 Å². The highest BCUT2D eigenvalue weighted by atomic mass is 16.5. The fourth-order valence-corrected chi connectivity index (χ4v) is 1.98. The van der Waals surface area contributed by atoms with Gasteiger partial charge in [-0.25, -0.2) is 4.98 Å². The molecule has 1 aromatic heterocycles. The van der Waals surface area contributed by atoms with Gasteiger partial charge < -0.3 is 20.8 Å². The molecule has 6 heteroatoms. The number of H-pyrrole nitrogens is 1. The molecule has 0 saturated carbocycles. The lowest BCUT2D eigenvalue weighted by Gasteiger charge is -2.12. The maximum atomic E-state index is 12.2. The molecule has 118 valence electrons. The molecule has 4 N–H and O–H groups in total. The van der Waals surface area contributed by atoms with E-state index in [2.05, 4.69) is 15.3 Å². The van der Waals surface area contributed by atoms with E-state index < -0.39 is 0 Å². The predicted molar refractivity (Wildman–Crippen MR) is 84.8 cm³/mol. The quantitative estimate of drug-likeness (QED) is 0.681. The topological polar surface area (TPSA) is 93.0 Å². The molecule has 0 saturated heterocycles. The molecule has 6 nitrogen and oxygen atoms in total. The number of hydrogen-bond acceptors (Lipinski definition) is 4. The standard InChI is InChI=1S/C16H22N4O2/c1-11-10-18-15(19-11)12(2)20-16(21)13-4-6-14(7-5-13)22-9-3-8-17/h4-7,10,12H,3,8-9,17H2,1-2H3,(H,18,19)(H,20,21). The number of ether oxygens (including phenoxy) is 1. The third-order valence-electron chi connectivity index (χ3n) is 3.21. The predicted octanol–water partition coefficient (Wildman–Crippen LogP) is 1.94. The second-order valence-corrected chi connectivity index (χ2v) is 5.16. The molecular formula is C16H22N4O2. The number of hydrogen-bond donors (Lipinski definition) is 3. The van der Waals surface area contributed by atoms with Crippen LogP contribution in [0.15, 0.2) is 30.5 Å². The van der Waals surface area contributed by atoms with Gasteiger partial charge in [-0.05, 0) is 51.1 Å². The highest BCUT2D eigenvalue weighted by Gasteiger charge is 2.13. The summed E-state index contributed by atoms with van der Waals surface area (Å²) in [6, 6.07) is 6.88. The summed E-state index contributed by atoms with van der Waals surface area (Å²) in [5, 5.41) is 2.91. The Morgan fingerprint density at radius 2 is 2.14 bits per heavy atom. The number of carbonyl (C=O) groups excluding carboxylic acids is 1. The minimum Gasteiger partial charge on any atom is -0.494 e. The zero-order valence-corrected chi connectivity index (χ0v) is 12.9. The number of aromatic nitrogens is 2. The molecule has 1 atom stereocenters. The lowest BCUT2D eigenvalue weighted by Crippen LogP contribution is -2.27. The van der Waals surface area contributed by atoms with Crippen molar-refractivity contribution in [3.63, 3.8) is 0 Å². The van der Waals surface area contributed by atoms with Gasteiger partial charge in [-0.1, -0.05) is 0 Å². The van der Waals surface area contributed by atoms with Crippen molar-refractivity contribution in [1.29, 1.82) is 0 Å². The molecule has 0 aliphatic rings. The lowest BCUT2D eigenvalue weighted by atomic mass is 10.2. The highest BCUT2D eigenvalue weighted by molar-refractivity contribution is 5.94. The second-order valence-electron chi connectivity index (χ2n) is 5.16. The normalized spacial score (nSPS) is 12.0. The Bertz CT molecular complexity index is 607. The Labute approximate surface area is 130 Å². The number of amides is 1. The van der Waals surface area contributed by atoms with Gasteiger partial charge in [0, 0.05) is 17.5 Å². The molecule has 0 aliphatic heterocycles. The SMILES string of the molecule is Cc1cnc(C(C)NC(=O)c2ccc(OCCCN)cc2)[nH]1.